The van der Waals surface area contributed by atoms with Crippen molar-refractivity contribution in [3.63, 3.8) is 0 Å². The van der Waals surface area contributed by atoms with Crippen LogP contribution in [0.4, 0.5) is 0 Å². The number of benzene rings is 2. The number of rotatable bonds is 3. The monoisotopic (exact) mass is 343 g/mol. The van der Waals surface area contributed by atoms with Crippen molar-refractivity contribution >= 4 is 11.4 Å². The summed E-state index contributed by atoms with van der Waals surface area (Å²) >= 11 is 0. The van der Waals surface area contributed by atoms with Crippen LogP contribution in [-0.2, 0) is 11.2 Å². The number of carbonyl (C=O) groups is 1. The maximum absolute atomic E-state index is 13.2. The molecule has 1 aliphatic heterocycles. The highest BCUT2D eigenvalue weighted by molar-refractivity contribution is 6.07. The lowest BCUT2D eigenvalue weighted by Gasteiger charge is -2.38. The van der Waals surface area contributed by atoms with Crippen LogP contribution >= 0.6 is 0 Å². The normalized spacial score (nSPS) is 25.3. The number of hydrogen-bond donors (Lipinski definition) is 0. The molecule has 2 aliphatic rings. The first kappa shape index (κ1) is 16.8. The standard InChI is InChI=1S/C24H25NO/c1-17-14-21-24(2,22(26)15-17)23(19-12-8-5-9-13-19)20(25(21)3)16-18-10-6-4-7-11-18/h4-13,15,21H,14,16H2,1-3H3. The van der Waals surface area contributed by atoms with Crippen molar-refractivity contribution in [2.45, 2.75) is 32.7 Å². The van der Waals surface area contributed by atoms with E-state index in [4.69, 9.17) is 0 Å². The molecule has 0 fully saturated rings. The lowest BCUT2D eigenvalue weighted by Crippen LogP contribution is -2.45. The summed E-state index contributed by atoms with van der Waals surface area (Å²) in [6, 6.07) is 21.2. The predicted octanol–water partition coefficient (Wildman–Crippen LogP) is 4.88. The molecule has 26 heavy (non-hydrogen) atoms. The zero-order chi connectivity index (χ0) is 18.3. The molecule has 0 saturated carbocycles. The molecule has 2 aromatic rings. The van der Waals surface area contributed by atoms with Gasteiger partial charge in [0.15, 0.2) is 5.78 Å². The van der Waals surface area contributed by atoms with Gasteiger partial charge in [-0.2, -0.15) is 0 Å². The summed E-state index contributed by atoms with van der Waals surface area (Å²) in [5.74, 6) is 0.236. The first-order valence-electron chi connectivity index (χ1n) is 9.29. The Kier molecular flexibility index (Phi) is 4.07. The Morgan fingerprint density at radius 3 is 2.31 bits per heavy atom. The van der Waals surface area contributed by atoms with Gasteiger partial charge in [-0.15, -0.1) is 0 Å². The van der Waals surface area contributed by atoms with E-state index in [2.05, 4.69) is 74.3 Å². The van der Waals surface area contributed by atoms with Gasteiger partial charge in [-0.25, -0.2) is 0 Å². The van der Waals surface area contributed by atoms with Gasteiger partial charge in [0.1, 0.15) is 0 Å². The molecule has 0 amide bonds. The Labute approximate surface area is 155 Å². The molecule has 132 valence electrons. The molecule has 0 N–H and O–H groups in total. The summed E-state index contributed by atoms with van der Waals surface area (Å²) in [6.45, 7) is 4.21. The summed E-state index contributed by atoms with van der Waals surface area (Å²) in [4.78, 5) is 15.6. The van der Waals surface area contributed by atoms with Gasteiger partial charge in [-0.05, 0) is 43.0 Å². The van der Waals surface area contributed by atoms with Crippen molar-refractivity contribution < 1.29 is 4.79 Å². The average Bonchev–Trinajstić information content (AvgIpc) is 2.86. The molecule has 1 heterocycles. The zero-order valence-electron chi connectivity index (χ0n) is 15.7. The van der Waals surface area contributed by atoms with E-state index in [-0.39, 0.29) is 11.8 Å². The third-order valence-electron chi connectivity index (χ3n) is 6.05. The fourth-order valence-electron chi connectivity index (χ4n) is 4.66. The van der Waals surface area contributed by atoms with Crippen molar-refractivity contribution in [3.8, 4) is 0 Å². The molecule has 2 unspecified atom stereocenters. The van der Waals surface area contributed by atoms with Gasteiger partial charge in [-0.1, -0.05) is 66.2 Å². The average molecular weight is 343 g/mol. The van der Waals surface area contributed by atoms with E-state index < -0.39 is 5.41 Å². The van der Waals surface area contributed by atoms with Crippen LogP contribution in [0.25, 0.3) is 5.57 Å². The lowest BCUT2D eigenvalue weighted by atomic mass is 9.67. The van der Waals surface area contributed by atoms with Crippen molar-refractivity contribution in [1.29, 1.82) is 0 Å². The molecule has 0 bridgehead atoms. The van der Waals surface area contributed by atoms with Gasteiger partial charge in [0, 0.05) is 25.2 Å². The minimum absolute atomic E-state index is 0.189. The summed E-state index contributed by atoms with van der Waals surface area (Å²) in [5.41, 5.74) is 5.60. The van der Waals surface area contributed by atoms with Crippen LogP contribution < -0.4 is 0 Å². The third-order valence-corrected chi connectivity index (χ3v) is 6.05. The summed E-state index contributed by atoms with van der Waals surface area (Å²) in [6.07, 6.45) is 3.64. The molecule has 2 heteroatoms. The van der Waals surface area contributed by atoms with Gasteiger partial charge in [0.25, 0.3) is 0 Å². The summed E-state index contributed by atoms with van der Waals surface area (Å²) < 4.78 is 0. The topological polar surface area (TPSA) is 20.3 Å². The first-order chi connectivity index (χ1) is 12.5. The van der Waals surface area contributed by atoms with Crippen LogP contribution in [0, 0.1) is 5.41 Å². The number of hydrogen-bond acceptors (Lipinski definition) is 2. The van der Waals surface area contributed by atoms with E-state index in [1.54, 1.807) is 0 Å². The van der Waals surface area contributed by atoms with Gasteiger partial charge in [0.2, 0.25) is 0 Å². The fourth-order valence-corrected chi connectivity index (χ4v) is 4.66. The van der Waals surface area contributed by atoms with Crippen LogP contribution in [0.2, 0.25) is 0 Å². The van der Waals surface area contributed by atoms with Crippen LogP contribution in [-0.4, -0.2) is 23.8 Å². The second-order valence-electron chi connectivity index (χ2n) is 7.74. The van der Waals surface area contributed by atoms with Gasteiger partial charge in [-0.3, -0.25) is 4.79 Å². The molecule has 0 saturated heterocycles. The predicted molar refractivity (Wildman–Crippen MR) is 107 cm³/mol. The maximum Gasteiger partial charge on any atom is 0.168 e. The minimum atomic E-state index is -0.486. The van der Waals surface area contributed by atoms with Crippen molar-refractivity contribution in [2.75, 3.05) is 7.05 Å². The minimum Gasteiger partial charge on any atom is -0.373 e. The van der Waals surface area contributed by atoms with Crippen LogP contribution in [0.1, 0.15) is 31.4 Å². The number of carbonyl (C=O) groups excluding carboxylic acids is 1. The molecular weight excluding hydrogens is 318 g/mol. The Morgan fingerprint density at radius 1 is 1.04 bits per heavy atom. The molecular formula is C24H25NO. The van der Waals surface area contributed by atoms with Gasteiger partial charge in [0.05, 0.1) is 5.41 Å². The van der Waals surface area contributed by atoms with E-state index in [9.17, 15) is 4.79 Å². The molecule has 0 radical (unpaired) electrons. The van der Waals surface area contributed by atoms with Crippen LogP contribution in [0.15, 0.2) is 78.0 Å². The molecule has 2 nitrogen and oxygen atoms in total. The first-order valence-corrected chi connectivity index (χ1v) is 9.29. The van der Waals surface area contributed by atoms with Gasteiger partial charge < -0.3 is 4.90 Å². The quantitative estimate of drug-likeness (QED) is 0.792. The van der Waals surface area contributed by atoms with E-state index >= 15 is 0 Å². The van der Waals surface area contributed by atoms with E-state index in [0.29, 0.717) is 0 Å². The summed E-state index contributed by atoms with van der Waals surface area (Å²) in [7, 11) is 2.16. The second kappa shape index (κ2) is 6.28. The summed E-state index contributed by atoms with van der Waals surface area (Å²) in [5, 5.41) is 0. The molecule has 1 aliphatic carbocycles. The molecule has 0 aromatic heterocycles. The SMILES string of the molecule is CC1=CC(=O)C2(C)C(c3ccccc3)=C(Cc3ccccc3)N(C)C2C1. The number of ketones is 1. The number of allylic oxidation sites excluding steroid dienone is 2. The Hall–Kier alpha value is -2.61. The Morgan fingerprint density at radius 2 is 1.65 bits per heavy atom. The molecule has 4 rings (SSSR count). The second-order valence-corrected chi connectivity index (χ2v) is 7.74. The fraction of sp³-hybridized carbons (Fsp3) is 0.292. The molecule has 2 atom stereocenters. The maximum atomic E-state index is 13.2. The highest BCUT2D eigenvalue weighted by Gasteiger charge is 2.53. The van der Waals surface area contributed by atoms with Crippen molar-refractivity contribution in [3.05, 3.63) is 89.1 Å². The van der Waals surface area contributed by atoms with E-state index in [1.807, 2.05) is 18.2 Å². The Balaban J connectivity index is 1.90. The van der Waals surface area contributed by atoms with E-state index in [0.717, 1.165) is 18.4 Å². The smallest absolute Gasteiger partial charge is 0.168 e. The third kappa shape index (κ3) is 2.52. The number of fused-ring (bicyclic) bond motifs is 1. The number of nitrogens with zero attached hydrogens (tertiary/aromatic N) is 1. The highest BCUT2D eigenvalue weighted by atomic mass is 16.1. The van der Waals surface area contributed by atoms with Crippen molar-refractivity contribution in [2.24, 2.45) is 5.41 Å². The Bertz CT molecular complexity index is 894. The van der Waals surface area contributed by atoms with Crippen LogP contribution in [0.5, 0.6) is 0 Å². The lowest BCUT2D eigenvalue weighted by molar-refractivity contribution is -0.122. The van der Waals surface area contributed by atoms with E-state index in [1.165, 1.54) is 22.4 Å². The van der Waals surface area contributed by atoms with Crippen LogP contribution in [0.3, 0.4) is 0 Å². The van der Waals surface area contributed by atoms with Crippen molar-refractivity contribution in [1.82, 2.24) is 4.90 Å². The number of likely N-dealkylation sites (N-methyl/N-ethyl adjacent to an activating group) is 1. The highest BCUT2D eigenvalue weighted by Crippen LogP contribution is 2.53. The zero-order valence-corrected chi connectivity index (χ0v) is 15.7. The van der Waals surface area contributed by atoms with Gasteiger partial charge >= 0.3 is 0 Å². The largest absolute Gasteiger partial charge is 0.373 e. The molecule has 0 spiro atoms. The molecule has 2 aromatic carbocycles.